The third-order valence-corrected chi connectivity index (χ3v) is 9.53. The van der Waals surface area contributed by atoms with E-state index in [1.807, 2.05) is 13.0 Å². The second kappa shape index (κ2) is 14.6. The first-order valence-electron chi connectivity index (χ1n) is 15.1. The van der Waals surface area contributed by atoms with Crippen LogP contribution in [0.4, 0.5) is 10.5 Å². The maximum absolute atomic E-state index is 13.8. The van der Waals surface area contributed by atoms with Gasteiger partial charge in [-0.25, -0.2) is 4.79 Å². The number of fused-ring (bicyclic) bond motifs is 4. The van der Waals surface area contributed by atoms with Crippen molar-refractivity contribution in [1.82, 2.24) is 5.32 Å². The fraction of sp³-hybridized carbons (Fsp3) is 0.606. The average Bonchev–Trinajstić information content (AvgIpc) is 2.97. The zero-order valence-corrected chi connectivity index (χ0v) is 28.1. The number of nitrogens with one attached hydrogen (secondary N) is 1. The monoisotopic (exact) mass is 650 g/mol. The Bertz CT molecular complexity index is 1330. The van der Waals surface area contributed by atoms with Crippen molar-refractivity contribution in [3.05, 3.63) is 52.1 Å². The highest BCUT2D eigenvalue weighted by molar-refractivity contribution is 6.34. The molecule has 2 heterocycles. The van der Waals surface area contributed by atoms with Crippen LogP contribution in [0.2, 0.25) is 5.02 Å². The van der Waals surface area contributed by atoms with E-state index in [-0.39, 0.29) is 18.1 Å². The topological polar surface area (TPSA) is 155 Å². The Balaban J connectivity index is 2.19. The molecule has 2 aliphatic heterocycles. The number of carbonyl (C=O) groups excluding carboxylic acids is 3. The second-order valence-electron chi connectivity index (χ2n) is 12.8. The maximum Gasteiger partial charge on any atom is 0.409 e. The number of benzene rings is 1. The lowest BCUT2D eigenvalue weighted by Crippen LogP contribution is -2.64. The number of nitrogens with zero attached hydrogens (tertiary/aromatic N) is 1. The van der Waals surface area contributed by atoms with Gasteiger partial charge in [0.25, 0.3) is 0 Å². The smallest absolute Gasteiger partial charge is 0.409 e. The highest BCUT2D eigenvalue weighted by Gasteiger charge is 2.51. The summed E-state index contributed by atoms with van der Waals surface area (Å²) in [4.78, 5) is 40.7. The van der Waals surface area contributed by atoms with Crippen molar-refractivity contribution in [2.75, 3.05) is 19.1 Å². The third-order valence-electron chi connectivity index (χ3n) is 9.10. The minimum Gasteiger partial charge on any atom is -0.459 e. The van der Waals surface area contributed by atoms with Crippen LogP contribution in [0.15, 0.2) is 35.9 Å². The summed E-state index contributed by atoms with van der Waals surface area (Å²) in [5, 5.41) is 36.3. The van der Waals surface area contributed by atoms with Gasteiger partial charge < -0.3 is 34.4 Å². The summed E-state index contributed by atoms with van der Waals surface area (Å²) < 4.78 is 16.9. The number of carbonyl (C=O) groups is 3. The summed E-state index contributed by atoms with van der Waals surface area (Å²) in [6.45, 7) is 9.78. The number of ether oxygens (including phenoxy) is 3. The number of hydrogen-bond acceptors (Lipinski definition) is 9. The largest absolute Gasteiger partial charge is 0.459 e. The first-order chi connectivity index (χ1) is 20.9. The van der Waals surface area contributed by atoms with Gasteiger partial charge >= 0.3 is 12.1 Å². The molecular weight excluding hydrogens is 604 g/mol. The van der Waals surface area contributed by atoms with Crippen LogP contribution in [0.25, 0.3) is 0 Å². The lowest BCUT2D eigenvalue weighted by Gasteiger charge is -2.46. The summed E-state index contributed by atoms with van der Waals surface area (Å²) in [5.41, 5.74) is -1.16. The van der Waals surface area contributed by atoms with E-state index < -0.39 is 71.8 Å². The van der Waals surface area contributed by atoms with Gasteiger partial charge in [-0.15, -0.1) is 0 Å². The molecule has 1 saturated heterocycles. The Morgan fingerprint density at radius 1 is 1.24 bits per heavy atom. The van der Waals surface area contributed by atoms with E-state index in [4.69, 9.17) is 25.8 Å². The molecule has 0 aliphatic carbocycles. The average molecular weight is 651 g/mol. The first-order valence-corrected chi connectivity index (χ1v) is 15.5. The number of rotatable bonds is 4. The molecule has 0 aromatic heterocycles. The number of amides is 2. The molecule has 0 saturated carbocycles. The molecule has 4 bridgehead atoms. The minimum absolute atomic E-state index is 0.0712. The van der Waals surface area contributed by atoms with Crippen molar-refractivity contribution in [3.8, 4) is 0 Å². The summed E-state index contributed by atoms with van der Waals surface area (Å²) in [6.07, 6.45) is 1.20. The standard InChI is InChI=1S/C33H47ClN2O9/c1-18(2)30(39)45-27-15-28(38)36(7)24-14-22(13-23(17-37)29(24)34)12-19(3)10-9-11-26(43-8)33(42)16-25(44-31(40)35-33)20(4)21(5)32(27,6)41/h9-11,13-14,18,20-21,25-27,37,41-42H,12,15-17H2,1-8H3,(H,35,40)/b11-9+,19-10+/t20-,21?,25?,26+,27-,32?,33-/m0/s1. The zero-order chi connectivity index (χ0) is 33.9. The van der Waals surface area contributed by atoms with E-state index in [0.29, 0.717) is 17.7 Å². The molecule has 12 heteroatoms. The molecule has 11 nitrogen and oxygen atoms in total. The van der Waals surface area contributed by atoms with Crippen molar-refractivity contribution < 1.29 is 43.9 Å². The molecule has 3 rings (SSSR count). The van der Waals surface area contributed by atoms with Crippen LogP contribution in [0.1, 0.15) is 65.5 Å². The van der Waals surface area contributed by atoms with Gasteiger partial charge in [-0.1, -0.05) is 69.2 Å². The van der Waals surface area contributed by atoms with Gasteiger partial charge in [-0.05, 0) is 49.3 Å². The molecular formula is C33H47ClN2O9. The van der Waals surface area contributed by atoms with E-state index in [2.05, 4.69) is 5.32 Å². The van der Waals surface area contributed by atoms with Crippen LogP contribution >= 0.6 is 11.6 Å². The summed E-state index contributed by atoms with van der Waals surface area (Å²) in [7, 11) is 2.95. The number of methoxy groups -OCH3 is 1. The number of aliphatic hydroxyl groups is 3. The molecule has 45 heavy (non-hydrogen) atoms. The summed E-state index contributed by atoms with van der Waals surface area (Å²) in [5.74, 6) is -2.91. The van der Waals surface area contributed by atoms with Crippen LogP contribution in [-0.4, -0.2) is 77.1 Å². The fourth-order valence-corrected chi connectivity index (χ4v) is 6.07. The van der Waals surface area contributed by atoms with Gasteiger partial charge in [0, 0.05) is 20.6 Å². The maximum atomic E-state index is 13.8. The third kappa shape index (κ3) is 8.26. The van der Waals surface area contributed by atoms with Crippen molar-refractivity contribution in [2.45, 2.75) is 97.0 Å². The van der Waals surface area contributed by atoms with Crippen LogP contribution < -0.4 is 10.2 Å². The van der Waals surface area contributed by atoms with Crippen molar-refractivity contribution in [2.24, 2.45) is 17.8 Å². The summed E-state index contributed by atoms with van der Waals surface area (Å²) >= 11 is 6.64. The van der Waals surface area contributed by atoms with Crippen molar-refractivity contribution in [1.29, 1.82) is 0 Å². The molecule has 0 radical (unpaired) electrons. The second-order valence-corrected chi connectivity index (χ2v) is 13.2. The Morgan fingerprint density at radius 3 is 2.51 bits per heavy atom. The number of aliphatic hydroxyl groups excluding tert-OH is 1. The van der Waals surface area contributed by atoms with E-state index in [1.54, 1.807) is 52.0 Å². The van der Waals surface area contributed by atoms with Crippen LogP contribution in [-0.2, 0) is 36.8 Å². The van der Waals surface area contributed by atoms with Crippen molar-refractivity contribution in [3.63, 3.8) is 0 Å². The molecule has 7 atom stereocenters. The summed E-state index contributed by atoms with van der Waals surface area (Å²) in [6, 6.07) is 3.51. The van der Waals surface area contributed by atoms with E-state index >= 15 is 0 Å². The predicted octanol–water partition coefficient (Wildman–Crippen LogP) is 4.04. The number of anilines is 1. The molecule has 1 aromatic rings. The Labute approximate surface area is 270 Å². The molecule has 2 amide bonds. The number of halogens is 1. The fourth-order valence-electron chi connectivity index (χ4n) is 5.77. The number of alkyl carbamates (subject to hydrolysis) is 1. The minimum atomic E-state index is -1.83. The van der Waals surface area contributed by atoms with E-state index in [1.165, 1.54) is 26.0 Å². The Kier molecular flexibility index (Phi) is 11.9. The Hall–Kier alpha value is -2.96. The molecule has 250 valence electrons. The lowest BCUT2D eigenvalue weighted by atomic mass is 9.73. The molecule has 1 aromatic carbocycles. The number of hydrogen-bond donors (Lipinski definition) is 4. The first kappa shape index (κ1) is 36.5. The highest BCUT2D eigenvalue weighted by Crippen LogP contribution is 2.39. The van der Waals surface area contributed by atoms with Crippen molar-refractivity contribution >= 4 is 35.3 Å². The van der Waals surface area contributed by atoms with Gasteiger partial charge in [0.05, 0.1) is 29.7 Å². The normalized spacial score (nSPS) is 33.6. The van der Waals surface area contributed by atoms with Gasteiger partial charge in [0.2, 0.25) is 5.91 Å². The molecule has 0 spiro atoms. The van der Waals surface area contributed by atoms with E-state index in [0.717, 1.165) is 11.1 Å². The molecule has 3 unspecified atom stereocenters. The van der Waals surface area contributed by atoms with E-state index in [9.17, 15) is 29.7 Å². The lowest BCUT2D eigenvalue weighted by molar-refractivity contribution is -0.184. The van der Waals surface area contributed by atoms with Crippen LogP contribution in [0, 0.1) is 17.8 Å². The van der Waals surface area contributed by atoms with Crippen LogP contribution in [0.5, 0.6) is 0 Å². The number of esters is 1. The van der Waals surface area contributed by atoms with Gasteiger partial charge in [-0.2, -0.15) is 0 Å². The molecule has 2 aliphatic rings. The zero-order valence-electron chi connectivity index (χ0n) is 27.3. The highest BCUT2D eigenvalue weighted by atomic mass is 35.5. The SMILES string of the molecule is CO[C@@H]1/C=C/C=C(\C)Cc2cc(CO)c(Cl)c(c2)N(C)C(=O)C[C@H](OC(=O)C(C)C)C(C)(O)C(C)[C@H](C)C2C[C@@]1(O)NC(=O)O2. The predicted molar refractivity (Wildman–Crippen MR) is 169 cm³/mol. The van der Waals surface area contributed by atoms with Gasteiger partial charge in [-0.3, -0.25) is 14.9 Å². The molecule has 1 fully saturated rings. The quantitative estimate of drug-likeness (QED) is 0.354. The van der Waals surface area contributed by atoms with Gasteiger partial charge in [0.15, 0.2) is 5.72 Å². The Morgan fingerprint density at radius 2 is 1.91 bits per heavy atom. The number of allylic oxidation sites excluding steroid dienone is 3. The molecule has 4 N–H and O–H groups in total. The van der Waals surface area contributed by atoms with Crippen LogP contribution in [0.3, 0.4) is 0 Å². The van der Waals surface area contributed by atoms with Gasteiger partial charge in [0.1, 0.15) is 23.9 Å².